The number of likely N-dealkylation sites (tertiary alicyclic amines) is 1. The Hall–Kier alpha value is -2.83. The van der Waals surface area contributed by atoms with Gasteiger partial charge in [-0.2, -0.15) is 0 Å². The number of piperidine rings is 1. The van der Waals surface area contributed by atoms with Crippen LogP contribution in [0.3, 0.4) is 0 Å². The first-order chi connectivity index (χ1) is 15.9. The predicted octanol–water partition coefficient (Wildman–Crippen LogP) is 5.17. The maximum atomic E-state index is 13.9. The molecule has 4 rings (SSSR count). The molecule has 0 aliphatic carbocycles. The van der Waals surface area contributed by atoms with Crippen molar-refractivity contribution in [2.45, 2.75) is 44.2 Å². The van der Waals surface area contributed by atoms with Crippen LogP contribution in [0.25, 0.3) is 0 Å². The van der Waals surface area contributed by atoms with E-state index in [9.17, 15) is 8.42 Å². The first kappa shape index (κ1) is 23.3. The van der Waals surface area contributed by atoms with E-state index in [1.54, 1.807) is 23.5 Å². The summed E-state index contributed by atoms with van der Waals surface area (Å²) in [4.78, 5) is 2.78. The molecule has 5 nitrogen and oxygen atoms in total. The van der Waals surface area contributed by atoms with E-state index in [-0.39, 0.29) is 6.04 Å². The number of rotatable bonds is 7. The average Bonchev–Trinajstić information content (AvgIpc) is 2.82. The van der Waals surface area contributed by atoms with Crippen LogP contribution >= 0.6 is 0 Å². The van der Waals surface area contributed by atoms with E-state index >= 15 is 0 Å². The second kappa shape index (κ2) is 9.98. The average molecular weight is 465 g/mol. The van der Waals surface area contributed by atoms with Crippen LogP contribution < -0.4 is 9.04 Å². The van der Waals surface area contributed by atoms with Gasteiger partial charge in [0.25, 0.3) is 10.0 Å². The van der Waals surface area contributed by atoms with E-state index in [2.05, 4.69) is 17.0 Å². The van der Waals surface area contributed by atoms with Crippen LogP contribution in [0.5, 0.6) is 5.75 Å². The number of benzene rings is 3. The highest BCUT2D eigenvalue weighted by Gasteiger charge is 2.34. The number of hydrogen-bond acceptors (Lipinski definition) is 4. The maximum Gasteiger partial charge on any atom is 0.264 e. The number of anilines is 1. The number of methoxy groups -OCH3 is 1. The molecule has 174 valence electrons. The van der Waals surface area contributed by atoms with Crippen LogP contribution in [0, 0.1) is 13.8 Å². The van der Waals surface area contributed by atoms with E-state index in [1.807, 2.05) is 62.4 Å². The highest BCUT2D eigenvalue weighted by atomic mass is 32.2. The molecular formula is C27H32N2O3S. The number of aryl methyl sites for hydroxylation is 2. The molecule has 1 saturated heterocycles. The summed E-state index contributed by atoms with van der Waals surface area (Å²) in [5.41, 5.74) is 3.85. The standard InChI is InChI=1S/C27H32N2O3S/c1-21-8-12-24(13-9-21)29(33(30,31)27-7-5-4-6-22(27)2)25-16-18-28(19-17-25)20-23-10-14-26(32-3)15-11-23/h4-15,25H,16-20H2,1-3H3. The Balaban J connectivity index is 1.56. The van der Waals surface area contributed by atoms with E-state index < -0.39 is 10.0 Å². The Kier molecular flexibility index (Phi) is 7.05. The van der Waals surface area contributed by atoms with Gasteiger partial charge in [0.2, 0.25) is 0 Å². The summed E-state index contributed by atoms with van der Waals surface area (Å²) >= 11 is 0. The van der Waals surface area contributed by atoms with Gasteiger partial charge in [-0.3, -0.25) is 9.21 Å². The van der Waals surface area contributed by atoms with Gasteiger partial charge in [-0.15, -0.1) is 0 Å². The Morgan fingerprint density at radius 3 is 2.15 bits per heavy atom. The molecule has 1 fully saturated rings. The summed E-state index contributed by atoms with van der Waals surface area (Å²) in [5.74, 6) is 0.854. The topological polar surface area (TPSA) is 49.9 Å². The molecule has 1 aliphatic heterocycles. The predicted molar refractivity (Wildman–Crippen MR) is 133 cm³/mol. The van der Waals surface area contributed by atoms with Crippen LogP contribution in [0.4, 0.5) is 5.69 Å². The fourth-order valence-corrected chi connectivity index (χ4v) is 6.43. The molecule has 0 amide bonds. The normalized spacial score (nSPS) is 15.4. The van der Waals surface area contributed by atoms with Gasteiger partial charge in [-0.1, -0.05) is 48.0 Å². The van der Waals surface area contributed by atoms with Gasteiger partial charge in [-0.05, 0) is 68.1 Å². The highest BCUT2D eigenvalue weighted by Crippen LogP contribution is 2.32. The minimum atomic E-state index is -3.68. The van der Waals surface area contributed by atoms with Crippen LogP contribution in [0.1, 0.15) is 29.5 Å². The monoisotopic (exact) mass is 464 g/mol. The van der Waals surface area contributed by atoms with Crippen molar-refractivity contribution in [2.75, 3.05) is 24.5 Å². The van der Waals surface area contributed by atoms with Gasteiger partial charge >= 0.3 is 0 Å². The lowest BCUT2D eigenvalue weighted by atomic mass is 10.0. The Morgan fingerprint density at radius 1 is 0.909 bits per heavy atom. The molecule has 3 aromatic rings. The second-order valence-electron chi connectivity index (χ2n) is 8.76. The third kappa shape index (κ3) is 5.23. The third-order valence-corrected chi connectivity index (χ3v) is 8.41. The SMILES string of the molecule is COc1ccc(CN2CCC(N(c3ccc(C)cc3)S(=O)(=O)c3ccccc3C)CC2)cc1. The number of sulfonamides is 1. The zero-order valence-corrected chi connectivity index (χ0v) is 20.4. The van der Waals surface area contributed by atoms with Crippen molar-refractivity contribution in [1.29, 1.82) is 0 Å². The van der Waals surface area contributed by atoms with E-state index in [0.717, 1.165) is 55.0 Å². The fourth-order valence-electron chi connectivity index (χ4n) is 4.49. The minimum absolute atomic E-state index is 0.0792. The lowest BCUT2D eigenvalue weighted by Gasteiger charge is -2.39. The van der Waals surface area contributed by atoms with Crippen molar-refractivity contribution in [3.05, 3.63) is 89.5 Å². The zero-order chi connectivity index (χ0) is 23.4. The molecule has 0 N–H and O–H groups in total. The molecule has 0 saturated carbocycles. The smallest absolute Gasteiger partial charge is 0.264 e. The van der Waals surface area contributed by atoms with Gasteiger partial charge < -0.3 is 4.74 Å². The number of nitrogens with zero attached hydrogens (tertiary/aromatic N) is 2. The van der Waals surface area contributed by atoms with Crippen molar-refractivity contribution < 1.29 is 13.2 Å². The van der Waals surface area contributed by atoms with Crippen molar-refractivity contribution in [3.8, 4) is 5.75 Å². The van der Waals surface area contributed by atoms with Crippen molar-refractivity contribution in [2.24, 2.45) is 0 Å². The highest BCUT2D eigenvalue weighted by molar-refractivity contribution is 7.93. The molecular weight excluding hydrogens is 432 g/mol. The maximum absolute atomic E-state index is 13.9. The van der Waals surface area contributed by atoms with E-state index in [1.165, 1.54) is 5.56 Å². The summed E-state index contributed by atoms with van der Waals surface area (Å²) in [7, 11) is -2.01. The summed E-state index contributed by atoms with van der Waals surface area (Å²) < 4.78 is 34.7. The van der Waals surface area contributed by atoms with Gasteiger partial charge in [0.15, 0.2) is 0 Å². The van der Waals surface area contributed by atoms with Gasteiger partial charge in [0, 0.05) is 25.7 Å². The minimum Gasteiger partial charge on any atom is -0.497 e. The summed E-state index contributed by atoms with van der Waals surface area (Å²) in [5, 5.41) is 0. The first-order valence-electron chi connectivity index (χ1n) is 11.4. The summed E-state index contributed by atoms with van der Waals surface area (Å²) in [6.07, 6.45) is 1.57. The van der Waals surface area contributed by atoms with Gasteiger partial charge in [0.05, 0.1) is 17.7 Å². The number of hydrogen-bond donors (Lipinski definition) is 0. The third-order valence-electron chi connectivity index (χ3n) is 6.37. The van der Waals surface area contributed by atoms with Gasteiger partial charge in [0.1, 0.15) is 5.75 Å². The Labute approximate surface area is 197 Å². The lowest BCUT2D eigenvalue weighted by molar-refractivity contribution is 0.206. The van der Waals surface area contributed by atoms with E-state index in [4.69, 9.17) is 4.74 Å². The zero-order valence-electron chi connectivity index (χ0n) is 19.6. The largest absolute Gasteiger partial charge is 0.497 e. The molecule has 1 aliphatic rings. The molecule has 0 spiro atoms. The van der Waals surface area contributed by atoms with Crippen molar-refractivity contribution in [1.82, 2.24) is 4.90 Å². The van der Waals surface area contributed by atoms with Crippen LogP contribution in [0.2, 0.25) is 0 Å². The second-order valence-corrected chi connectivity index (χ2v) is 10.5. The van der Waals surface area contributed by atoms with Crippen molar-refractivity contribution >= 4 is 15.7 Å². The molecule has 0 aromatic heterocycles. The number of ether oxygens (including phenoxy) is 1. The fraction of sp³-hybridized carbons (Fsp3) is 0.333. The molecule has 33 heavy (non-hydrogen) atoms. The molecule has 3 aromatic carbocycles. The molecule has 6 heteroatoms. The lowest BCUT2D eigenvalue weighted by Crippen LogP contribution is -2.47. The molecule has 0 radical (unpaired) electrons. The quantitative estimate of drug-likeness (QED) is 0.484. The van der Waals surface area contributed by atoms with Crippen LogP contribution in [0.15, 0.2) is 77.7 Å². The molecule has 0 unspecified atom stereocenters. The van der Waals surface area contributed by atoms with E-state index in [0.29, 0.717) is 4.90 Å². The summed E-state index contributed by atoms with van der Waals surface area (Å²) in [6, 6.07) is 23.1. The molecule has 1 heterocycles. The van der Waals surface area contributed by atoms with Crippen LogP contribution in [-0.2, 0) is 16.6 Å². The first-order valence-corrected chi connectivity index (χ1v) is 12.8. The van der Waals surface area contributed by atoms with Crippen LogP contribution in [-0.4, -0.2) is 39.6 Å². The molecule has 0 atom stereocenters. The summed E-state index contributed by atoms with van der Waals surface area (Å²) in [6.45, 7) is 6.43. The Morgan fingerprint density at radius 2 is 1.55 bits per heavy atom. The van der Waals surface area contributed by atoms with Crippen molar-refractivity contribution in [3.63, 3.8) is 0 Å². The molecule has 0 bridgehead atoms. The Bertz CT molecular complexity index is 1170. The van der Waals surface area contributed by atoms with Gasteiger partial charge in [-0.25, -0.2) is 8.42 Å².